The highest BCUT2D eigenvalue weighted by Gasteiger charge is 2.38. The normalized spacial score (nSPS) is 12.2. The molecule has 0 unspecified atom stereocenters. The minimum atomic E-state index is -4.85. The number of alkyl halides is 3. The van der Waals surface area contributed by atoms with Crippen LogP contribution in [0.4, 0.5) is 18.9 Å². The zero-order valence-electron chi connectivity index (χ0n) is 13.3. The highest BCUT2D eigenvalue weighted by molar-refractivity contribution is 7.92. The van der Waals surface area contributed by atoms with Crippen LogP contribution in [0.2, 0.25) is 0 Å². The maximum Gasteiger partial charge on any atom is 0.437 e. The van der Waals surface area contributed by atoms with E-state index in [9.17, 15) is 26.4 Å². The van der Waals surface area contributed by atoms with Crippen LogP contribution in [0.5, 0.6) is 0 Å². The third-order valence-corrected chi connectivity index (χ3v) is 4.99. The summed E-state index contributed by atoms with van der Waals surface area (Å²) in [5, 5.41) is 12.3. The van der Waals surface area contributed by atoms with E-state index in [4.69, 9.17) is 5.11 Å². The van der Waals surface area contributed by atoms with Crippen LogP contribution >= 0.6 is 0 Å². The van der Waals surface area contributed by atoms with Gasteiger partial charge in [-0.05, 0) is 37.1 Å². The first kappa shape index (κ1) is 18.8. The van der Waals surface area contributed by atoms with Gasteiger partial charge >= 0.3 is 12.1 Å². The zero-order chi connectivity index (χ0) is 19.2. The Bertz CT molecular complexity index is 949. The lowest BCUT2D eigenvalue weighted by molar-refractivity contribution is -0.140. The van der Waals surface area contributed by atoms with Gasteiger partial charge in [-0.2, -0.15) is 18.3 Å². The van der Waals surface area contributed by atoms with E-state index in [0.29, 0.717) is 5.56 Å². The number of anilines is 1. The molecule has 0 atom stereocenters. The first-order valence-corrected chi connectivity index (χ1v) is 8.29. The molecular weight excluding hydrogens is 363 g/mol. The van der Waals surface area contributed by atoms with Crippen molar-refractivity contribution in [2.45, 2.75) is 24.9 Å². The number of nitrogens with one attached hydrogen (secondary N) is 1. The van der Waals surface area contributed by atoms with Gasteiger partial charge in [0, 0.05) is 13.2 Å². The van der Waals surface area contributed by atoms with Crippen molar-refractivity contribution in [3.05, 3.63) is 40.7 Å². The summed E-state index contributed by atoms with van der Waals surface area (Å²) in [5.74, 6) is -1.35. The lowest BCUT2D eigenvalue weighted by Gasteiger charge is -2.13. The number of carboxylic acid groups (broad SMARTS) is 1. The van der Waals surface area contributed by atoms with Crippen molar-refractivity contribution in [1.29, 1.82) is 0 Å². The van der Waals surface area contributed by atoms with Crippen LogP contribution in [0.1, 0.15) is 27.2 Å². The van der Waals surface area contributed by atoms with Gasteiger partial charge in [-0.15, -0.1) is 0 Å². The predicted octanol–water partition coefficient (Wildman–Crippen LogP) is 2.55. The highest BCUT2D eigenvalue weighted by atomic mass is 32.2. The van der Waals surface area contributed by atoms with Crippen molar-refractivity contribution in [2.24, 2.45) is 7.05 Å². The van der Waals surface area contributed by atoms with Gasteiger partial charge in [-0.1, -0.05) is 0 Å². The first-order valence-electron chi connectivity index (χ1n) is 6.81. The van der Waals surface area contributed by atoms with Crippen LogP contribution in [0.3, 0.4) is 0 Å². The quantitative estimate of drug-likeness (QED) is 0.853. The number of hydrogen-bond acceptors (Lipinski definition) is 4. The minimum Gasteiger partial charge on any atom is -0.478 e. The Morgan fingerprint density at radius 3 is 2.40 bits per heavy atom. The number of nitrogens with zero attached hydrogens (tertiary/aromatic N) is 2. The molecule has 1 heterocycles. The molecule has 1 aromatic heterocycles. The molecule has 2 rings (SSSR count). The van der Waals surface area contributed by atoms with Crippen molar-refractivity contribution < 1.29 is 31.5 Å². The van der Waals surface area contributed by atoms with Crippen molar-refractivity contribution in [3.63, 3.8) is 0 Å². The van der Waals surface area contributed by atoms with Gasteiger partial charge in [-0.3, -0.25) is 9.40 Å². The highest BCUT2D eigenvalue weighted by Crippen LogP contribution is 2.34. The number of carbonyl (C=O) groups is 1. The molecule has 0 bridgehead atoms. The molecule has 1 aromatic carbocycles. The Balaban J connectivity index is 2.57. The van der Waals surface area contributed by atoms with Gasteiger partial charge in [0.2, 0.25) is 0 Å². The van der Waals surface area contributed by atoms with Gasteiger partial charge in [0.1, 0.15) is 0 Å². The summed E-state index contributed by atoms with van der Waals surface area (Å²) in [6.07, 6.45) is -3.98. The molecule has 25 heavy (non-hydrogen) atoms. The SMILES string of the molecule is Cc1cc(C(=O)O)cc(S(=O)(=O)Nc2cn(C)nc2C(F)(F)F)c1C. The molecule has 0 amide bonds. The fourth-order valence-corrected chi connectivity index (χ4v) is 3.60. The Labute approximate surface area is 141 Å². The molecule has 0 saturated carbocycles. The van der Waals surface area contributed by atoms with Crippen LogP contribution in [0, 0.1) is 13.8 Å². The lowest BCUT2D eigenvalue weighted by Crippen LogP contribution is -2.18. The number of carboxylic acids is 1. The predicted molar refractivity (Wildman–Crippen MR) is 81.9 cm³/mol. The van der Waals surface area contributed by atoms with E-state index >= 15 is 0 Å². The van der Waals surface area contributed by atoms with E-state index in [2.05, 4.69) is 5.10 Å². The van der Waals surface area contributed by atoms with Crippen LogP contribution in [-0.4, -0.2) is 29.3 Å². The average molecular weight is 377 g/mol. The Hall–Kier alpha value is -2.56. The molecular formula is C14H14F3N3O4S. The topological polar surface area (TPSA) is 101 Å². The maximum atomic E-state index is 13.0. The summed E-state index contributed by atoms with van der Waals surface area (Å²) in [7, 11) is -3.24. The van der Waals surface area contributed by atoms with Gasteiger partial charge in [0.05, 0.1) is 16.1 Å². The molecule has 136 valence electrons. The second-order valence-corrected chi connectivity index (χ2v) is 7.04. The number of hydrogen-bond donors (Lipinski definition) is 2. The fourth-order valence-electron chi connectivity index (χ4n) is 2.20. The Morgan fingerprint density at radius 1 is 1.28 bits per heavy atom. The molecule has 2 N–H and O–H groups in total. The minimum absolute atomic E-state index is 0.231. The first-order chi connectivity index (χ1) is 11.3. The Kier molecular flexibility index (Phi) is 4.55. The molecule has 0 fully saturated rings. The molecule has 0 aliphatic heterocycles. The molecule has 0 aliphatic carbocycles. The summed E-state index contributed by atoms with van der Waals surface area (Å²) in [5.41, 5.74) is -1.81. The van der Waals surface area contributed by atoms with Gasteiger partial charge < -0.3 is 5.11 Å². The number of aromatic nitrogens is 2. The molecule has 11 heteroatoms. The van der Waals surface area contributed by atoms with Crippen LogP contribution in [-0.2, 0) is 23.2 Å². The van der Waals surface area contributed by atoms with E-state index in [1.807, 2.05) is 4.72 Å². The molecule has 7 nitrogen and oxygen atoms in total. The fraction of sp³-hybridized carbons (Fsp3) is 0.286. The van der Waals surface area contributed by atoms with E-state index in [-0.39, 0.29) is 11.1 Å². The van der Waals surface area contributed by atoms with Crippen molar-refractivity contribution in [3.8, 4) is 0 Å². The maximum absolute atomic E-state index is 13.0. The summed E-state index contributed by atoms with van der Waals surface area (Å²) < 4.78 is 66.6. The standard InChI is InChI=1S/C14H14F3N3O4S/c1-7-4-9(13(21)22)5-11(8(7)2)25(23,24)19-10-6-20(3)18-12(10)14(15,16)17/h4-6,19H,1-3H3,(H,21,22). The van der Waals surface area contributed by atoms with E-state index in [1.165, 1.54) is 27.0 Å². The molecule has 0 aliphatic rings. The van der Waals surface area contributed by atoms with Gasteiger partial charge in [0.25, 0.3) is 10.0 Å². The molecule has 0 radical (unpaired) electrons. The third kappa shape index (κ3) is 3.76. The van der Waals surface area contributed by atoms with Crippen molar-refractivity contribution in [1.82, 2.24) is 9.78 Å². The monoisotopic (exact) mass is 377 g/mol. The largest absolute Gasteiger partial charge is 0.478 e. The Morgan fingerprint density at radius 2 is 1.88 bits per heavy atom. The van der Waals surface area contributed by atoms with Crippen molar-refractivity contribution in [2.75, 3.05) is 4.72 Å². The van der Waals surface area contributed by atoms with Crippen LogP contribution < -0.4 is 4.72 Å². The number of aryl methyl sites for hydroxylation is 2. The number of benzene rings is 1. The average Bonchev–Trinajstić information content (AvgIpc) is 2.81. The summed E-state index contributed by atoms with van der Waals surface area (Å²) >= 11 is 0. The van der Waals surface area contributed by atoms with E-state index < -0.39 is 38.4 Å². The zero-order valence-corrected chi connectivity index (χ0v) is 14.2. The number of halogens is 3. The summed E-state index contributed by atoms with van der Waals surface area (Å²) in [6, 6.07) is 2.18. The van der Waals surface area contributed by atoms with Crippen LogP contribution in [0.25, 0.3) is 0 Å². The number of sulfonamides is 1. The van der Waals surface area contributed by atoms with Gasteiger partial charge in [-0.25, -0.2) is 13.2 Å². The molecule has 0 spiro atoms. The second kappa shape index (κ2) is 6.06. The molecule has 0 saturated heterocycles. The number of rotatable bonds is 4. The smallest absolute Gasteiger partial charge is 0.437 e. The van der Waals surface area contributed by atoms with Crippen LogP contribution in [0.15, 0.2) is 23.2 Å². The second-order valence-electron chi connectivity index (χ2n) is 5.39. The third-order valence-electron chi connectivity index (χ3n) is 3.50. The van der Waals surface area contributed by atoms with E-state index in [1.54, 1.807) is 0 Å². The summed E-state index contributed by atoms with van der Waals surface area (Å²) in [4.78, 5) is 10.7. The molecule has 2 aromatic rings. The van der Waals surface area contributed by atoms with Crippen molar-refractivity contribution >= 4 is 21.7 Å². The van der Waals surface area contributed by atoms with Gasteiger partial charge in [0.15, 0.2) is 5.69 Å². The summed E-state index contributed by atoms with van der Waals surface area (Å²) in [6.45, 7) is 2.94. The lowest BCUT2D eigenvalue weighted by atomic mass is 10.1. The number of aromatic carboxylic acids is 1. The van der Waals surface area contributed by atoms with E-state index in [0.717, 1.165) is 16.9 Å².